The normalized spacial score (nSPS) is 11.3. The molecule has 0 saturated heterocycles. The minimum Gasteiger partial charge on any atom is -0.372 e. The number of nitrogens with one attached hydrogen (secondary N) is 2. The van der Waals surface area contributed by atoms with E-state index in [9.17, 15) is 0 Å². The molecular weight excluding hydrogens is 284 g/mol. The molecular formula is C16H17ClN4. The van der Waals surface area contributed by atoms with Crippen molar-refractivity contribution in [2.24, 2.45) is 0 Å². The molecule has 3 rings (SSSR count). The predicted molar refractivity (Wildman–Crippen MR) is 88.0 cm³/mol. The van der Waals surface area contributed by atoms with Crippen LogP contribution in [0.2, 0.25) is 5.02 Å². The molecule has 0 aliphatic heterocycles. The Morgan fingerprint density at radius 3 is 2.57 bits per heavy atom. The minimum absolute atomic E-state index is 0.453. The Morgan fingerprint density at radius 1 is 1.14 bits per heavy atom. The SMILES string of the molecule is CNc1cnc(-c2cc3[nH]c(C(C)C)cc3cc2Cl)cn1. The molecule has 0 fully saturated rings. The van der Waals surface area contributed by atoms with Crippen LogP contribution in [0.15, 0.2) is 30.6 Å². The molecule has 2 N–H and O–H groups in total. The molecule has 108 valence electrons. The average molecular weight is 301 g/mol. The molecule has 0 aliphatic rings. The fourth-order valence-corrected chi connectivity index (χ4v) is 2.55. The first-order valence-electron chi connectivity index (χ1n) is 6.91. The number of hydrogen-bond donors (Lipinski definition) is 2. The molecule has 5 heteroatoms. The highest BCUT2D eigenvalue weighted by Crippen LogP contribution is 2.32. The third-order valence-electron chi connectivity index (χ3n) is 3.54. The number of aromatic amines is 1. The number of rotatable bonds is 3. The highest BCUT2D eigenvalue weighted by atomic mass is 35.5. The molecule has 2 aromatic heterocycles. The van der Waals surface area contributed by atoms with E-state index in [1.54, 1.807) is 12.4 Å². The number of fused-ring (bicyclic) bond motifs is 1. The summed E-state index contributed by atoms with van der Waals surface area (Å²) in [5.74, 6) is 1.19. The van der Waals surface area contributed by atoms with Crippen molar-refractivity contribution in [3.63, 3.8) is 0 Å². The van der Waals surface area contributed by atoms with Crippen molar-refractivity contribution in [1.29, 1.82) is 0 Å². The molecule has 4 nitrogen and oxygen atoms in total. The zero-order valence-corrected chi connectivity index (χ0v) is 13.0. The number of H-pyrrole nitrogens is 1. The monoisotopic (exact) mass is 300 g/mol. The van der Waals surface area contributed by atoms with Gasteiger partial charge in [0.2, 0.25) is 0 Å². The molecule has 0 atom stereocenters. The summed E-state index contributed by atoms with van der Waals surface area (Å²) in [5.41, 5.74) is 3.92. The maximum Gasteiger partial charge on any atom is 0.144 e. The summed E-state index contributed by atoms with van der Waals surface area (Å²) in [6.07, 6.45) is 3.43. The average Bonchev–Trinajstić information content (AvgIpc) is 2.89. The van der Waals surface area contributed by atoms with Gasteiger partial charge in [0, 0.05) is 29.2 Å². The Hall–Kier alpha value is -2.07. The van der Waals surface area contributed by atoms with Crippen LogP contribution in [0, 0.1) is 0 Å². The number of aromatic nitrogens is 3. The summed E-state index contributed by atoms with van der Waals surface area (Å²) in [7, 11) is 1.81. The van der Waals surface area contributed by atoms with Crippen molar-refractivity contribution in [2.75, 3.05) is 12.4 Å². The summed E-state index contributed by atoms with van der Waals surface area (Å²) < 4.78 is 0. The van der Waals surface area contributed by atoms with Gasteiger partial charge in [-0.2, -0.15) is 0 Å². The van der Waals surface area contributed by atoms with Crippen LogP contribution in [0.3, 0.4) is 0 Å². The van der Waals surface area contributed by atoms with Crippen LogP contribution in [0.25, 0.3) is 22.2 Å². The van der Waals surface area contributed by atoms with Crippen molar-refractivity contribution >= 4 is 28.3 Å². The zero-order chi connectivity index (χ0) is 15.0. The molecule has 0 amide bonds. The van der Waals surface area contributed by atoms with Crippen molar-refractivity contribution in [3.05, 3.63) is 41.3 Å². The molecule has 0 saturated carbocycles. The van der Waals surface area contributed by atoms with E-state index in [1.165, 1.54) is 5.69 Å². The molecule has 0 bridgehead atoms. The fourth-order valence-electron chi connectivity index (χ4n) is 2.28. The molecule has 2 heterocycles. The summed E-state index contributed by atoms with van der Waals surface area (Å²) in [5, 5.41) is 4.75. The van der Waals surface area contributed by atoms with E-state index in [-0.39, 0.29) is 0 Å². The van der Waals surface area contributed by atoms with Crippen LogP contribution < -0.4 is 5.32 Å². The summed E-state index contributed by atoms with van der Waals surface area (Å²) in [4.78, 5) is 12.1. The fraction of sp³-hybridized carbons (Fsp3) is 0.250. The third-order valence-corrected chi connectivity index (χ3v) is 3.85. The van der Waals surface area contributed by atoms with Gasteiger partial charge in [0.05, 0.1) is 23.1 Å². The molecule has 0 aliphatic carbocycles. The first kappa shape index (κ1) is 13.9. The lowest BCUT2D eigenvalue weighted by atomic mass is 10.1. The lowest BCUT2D eigenvalue weighted by Gasteiger charge is -2.05. The van der Waals surface area contributed by atoms with Crippen molar-refractivity contribution in [3.8, 4) is 11.3 Å². The Balaban J connectivity index is 2.10. The summed E-state index contributed by atoms with van der Waals surface area (Å²) in [6, 6.07) is 6.15. The maximum atomic E-state index is 6.40. The molecule has 21 heavy (non-hydrogen) atoms. The second kappa shape index (κ2) is 5.37. The minimum atomic E-state index is 0.453. The van der Waals surface area contributed by atoms with Gasteiger partial charge < -0.3 is 10.3 Å². The maximum absolute atomic E-state index is 6.40. The lowest BCUT2D eigenvalue weighted by Crippen LogP contribution is -1.94. The Bertz CT molecular complexity index is 775. The molecule has 3 aromatic rings. The van der Waals surface area contributed by atoms with Crippen LogP contribution in [-0.4, -0.2) is 22.0 Å². The molecule has 0 radical (unpaired) electrons. The number of nitrogens with zero attached hydrogens (tertiary/aromatic N) is 2. The third kappa shape index (κ3) is 2.59. The summed E-state index contributed by atoms with van der Waals surface area (Å²) in [6.45, 7) is 4.32. The van der Waals surface area contributed by atoms with E-state index >= 15 is 0 Å². The van der Waals surface area contributed by atoms with Gasteiger partial charge in [-0.1, -0.05) is 25.4 Å². The molecule has 1 aromatic carbocycles. The highest BCUT2D eigenvalue weighted by molar-refractivity contribution is 6.34. The lowest BCUT2D eigenvalue weighted by molar-refractivity contribution is 0.836. The topological polar surface area (TPSA) is 53.6 Å². The van der Waals surface area contributed by atoms with Gasteiger partial charge in [-0.05, 0) is 24.1 Å². The van der Waals surface area contributed by atoms with Gasteiger partial charge in [-0.25, -0.2) is 4.98 Å². The predicted octanol–water partition coefficient (Wildman–Crippen LogP) is 4.44. The van der Waals surface area contributed by atoms with Gasteiger partial charge in [-0.3, -0.25) is 4.98 Å². The summed E-state index contributed by atoms with van der Waals surface area (Å²) >= 11 is 6.40. The van der Waals surface area contributed by atoms with E-state index in [1.807, 2.05) is 19.2 Å². The first-order chi connectivity index (χ1) is 10.1. The Morgan fingerprint density at radius 2 is 1.95 bits per heavy atom. The van der Waals surface area contributed by atoms with Crippen molar-refractivity contribution in [2.45, 2.75) is 19.8 Å². The smallest absolute Gasteiger partial charge is 0.144 e. The van der Waals surface area contributed by atoms with Gasteiger partial charge in [0.15, 0.2) is 0 Å². The van der Waals surface area contributed by atoms with Crippen molar-refractivity contribution < 1.29 is 0 Å². The zero-order valence-electron chi connectivity index (χ0n) is 12.2. The Kier molecular flexibility index (Phi) is 3.55. The van der Waals surface area contributed by atoms with E-state index in [4.69, 9.17) is 11.6 Å². The van der Waals surface area contributed by atoms with Crippen LogP contribution in [0.4, 0.5) is 5.82 Å². The quantitative estimate of drug-likeness (QED) is 0.751. The van der Waals surface area contributed by atoms with E-state index < -0.39 is 0 Å². The van der Waals surface area contributed by atoms with Gasteiger partial charge in [-0.15, -0.1) is 0 Å². The van der Waals surface area contributed by atoms with Crippen molar-refractivity contribution in [1.82, 2.24) is 15.0 Å². The van der Waals surface area contributed by atoms with Gasteiger partial charge >= 0.3 is 0 Å². The molecule has 0 unspecified atom stereocenters. The van der Waals surface area contributed by atoms with Gasteiger partial charge in [0.25, 0.3) is 0 Å². The van der Waals surface area contributed by atoms with Crippen LogP contribution >= 0.6 is 11.6 Å². The van der Waals surface area contributed by atoms with E-state index in [2.05, 4.69) is 40.2 Å². The van der Waals surface area contributed by atoms with Gasteiger partial charge in [0.1, 0.15) is 5.82 Å². The second-order valence-corrected chi connectivity index (χ2v) is 5.74. The largest absolute Gasteiger partial charge is 0.372 e. The Labute approximate surface area is 128 Å². The number of anilines is 1. The van der Waals surface area contributed by atoms with Crippen LogP contribution in [0.5, 0.6) is 0 Å². The van der Waals surface area contributed by atoms with E-state index in [0.29, 0.717) is 10.9 Å². The second-order valence-electron chi connectivity index (χ2n) is 5.34. The number of benzene rings is 1. The highest BCUT2D eigenvalue weighted by Gasteiger charge is 2.11. The first-order valence-corrected chi connectivity index (χ1v) is 7.28. The molecule has 0 spiro atoms. The standard InChI is InChI=1S/C16H17ClN4/c1-9(2)13-5-10-4-12(17)11(6-14(10)21-13)15-7-20-16(18-3)8-19-15/h4-9,21H,1-3H3,(H,18,20). The van der Waals surface area contributed by atoms with E-state index in [0.717, 1.165) is 28.0 Å². The van der Waals surface area contributed by atoms with Crippen LogP contribution in [-0.2, 0) is 0 Å². The van der Waals surface area contributed by atoms with Crippen LogP contribution in [0.1, 0.15) is 25.5 Å². The number of hydrogen-bond acceptors (Lipinski definition) is 3. The number of halogens is 1.